The van der Waals surface area contributed by atoms with E-state index >= 15 is 0 Å². The Kier molecular flexibility index (Phi) is 7.18. The number of rotatable bonds is 9. The third-order valence-corrected chi connectivity index (χ3v) is 4.34. The topological polar surface area (TPSA) is 107 Å². The van der Waals surface area contributed by atoms with Crippen molar-refractivity contribution < 1.29 is 23.6 Å². The van der Waals surface area contributed by atoms with Gasteiger partial charge in [-0.1, -0.05) is 25.0 Å². The first-order valence-corrected chi connectivity index (χ1v) is 8.02. The van der Waals surface area contributed by atoms with Crippen molar-refractivity contribution in [2.45, 2.75) is 30.6 Å². The van der Waals surface area contributed by atoms with Gasteiger partial charge in [0.05, 0.1) is 4.90 Å². The van der Waals surface area contributed by atoms with Crippen molar-refractivity contribution in [1.29, 1.82) is 0 Å². The maximum Gasteiger partial charge on any atom is 0.488 e. The van der Waals surface area contributed by atoms with Crippen LogP contribution in [0.3, 0.4) is 0 Å². The molecule has 0 aliphatic heterocycles. The zero-order chi connectivity index (χ0) is 15.0. The Morgan fingerprint density at radius 1 is 1.00 bits per heavy atom. The van der Waals surface area contributed by atoms with Crippen molar-refractivity contribution in [2.75, 3.05) is 13.2 Å². The van der Waals surface area contributed by atoms with Gasteiger partial charge in [-0.3, -0.25) is 0 Å². The Morgan fingerprint density at radius 3 is 2.15 bits per heavy atom. The lowest BCUT2D eigenvalue weighted by atomic mass is 9.81. The molecule has 4 N–H and O–H groups in total. The van der Waals surface area contributed by atoms with Gasteiger partial charge in [0.25, 0.3) is 0 Å². The summed E-state index contributed by atoms with van der Waals surface area (Å²) in [6, 6.07) is 5.40. The Bertz CT molecular complexity index is 489. The number of unbranched alkanes of at least 4 members (excludes halogenated alkanes) is 3. The quantitative estimate of drug-likeness (QED) is 0.353. The van der Waals surface area contributed by atoms with Crippen molar-refractivity contribution in [3.05, 3.63) is 24.3 Å². The standard InChI is InChI=1S/C12H20BNO5S/c15-10-4-2-1-3-9-14-20(18,19)12-7-5-11(6-8-12)13(16)17/h5-8,14-17H,1-4,9-10H2. The molecule has 0 saturated carbocycles. The van der Waals surface area contributed by atoms with Gasteiger partial charge in [-0.2, -0.15) is 0 Å². The van der Waals surface area contributed by atoms with Crippen LogP contribution in [0.4, 0.5) is 0 Å². The van der Waals surface area contributed by atoms with Crippen LogP contribution in [-0.2, 0) is 10.0 Å². The Balaban J connectivity index is 2.47. The van der Waals surface area contributed by atoms with E-state index in [9.17, 15) is 8.42 Å². The molecule has 0 fully saturated rings. The smallest absolute Gasteiger partial charge is 0.423 e. The Morgan fingerprint density at radius 2 is 1.60 bits per heavy atom. The highest BCUT2D eigenvalue weighted by Crippen LogP contribution is 2.07. The van der Waals surface area contributed by atoms with Gasteiger partial charge in [-0.05, 0) is 30.4 Å². The van der Waals surface area contributed by atoms with Crippen LogP contribution in [0.15, 0.2) is 29.2 Å². The third kappa shape index (κ3) is 5.60. The van der Waals surface area contributed by atoms with E-state index in [1.54, 1.807) is 0 Å². The molecule has 1 aromatic rings. The fourth-order valence-corrected chi connectivity index (χ4v) is 2.77. The molecule has 0 heterocycles. The number of sulfonamides is 1. The summed E-state index contributed by atoms with van der Waals surface area (Å²) in [6.45, 7) is 0.507. The molecule has 0 aliphatic rings. The summed E-state index contributed by atoms with van der Waals surface area (Å²) in [5.41, 5.74) is 0.243. The minimum Gasteiger partial charge on any atom is -0.423 e. The largest absolute Gasteiger partial charge is 0.488 e. The van der Waals surface area contributed by atoms with Gasteiger partial charge in [0, 0.05) is 13.2 Å². The van der Waals surface area contributed by atoms with Gasteiger partial charge in [0.15, 0.2) is 0 Å². The Hall–Kier alpha value is -0.925. The first-order valence-electron chi connectivity index (χ1n) is 6.54. The average Bonchev–Trinajstić information content (AvgIpc) is 2.43. The van der Waals surface area contributed by atoms with Crippen LogP contribution in [0.5, 0.6) is 0 Å². The monoisotopic (exact) mass is 301 g/mol. The highest BCUT2D eigenvalue weighted by atomic mass is 32.2. The second-order valence-corrected chi connectivity index (χ2v) is 6.25. The molecule has 0 unspecified atom stereocenters. The second kappa shape index (κ2) is 8.38. The fourth-order valence-electron chi connectivity index (χ4n) is 1.70. The van der Waals surface area contributed by atoms with Crippen LogP contribution in [0.1, 0.15) is 25.7 Å². The number of aliphatic hydroxyl groups is 1. The lowest BCUT2D eigenvalue weighted by molar-refractivity contribution is 0.282. The molecule has 0 aliphatic carbocycles. The van der Waals surface area contributed by atoms with Gasteiger partial charge in [0.2, 0.25) is 10.0 Å². The van der Waals surface area contributed by atoms with Crippen molar-refractivity contribution in [3.8, 4) is 0 Å². The molecule has 0 amide bonds. The minimum absolute atomic E-state index is 0.0947. The predicted molar refractivity (Wildman–Crippen MR) is 77.0 cm³/mol. The van der Waals surface area contributed by atoms with E-state index in [2.05, 4.69) is 4.72 Å². The normalized spacial score (nSPS) is 11.6. The van der Waals surface area contributed by atoms with E-state index in [1.165, 1.54) is 24.3 Å². The first-order chi connectivity index (χ1) is 9.47. The molecule has 0 bridgehead atoms. The zero-order valence-corrected chi connectivity index (χ0v) is 12.0. The van der Waals surface area contributed by atoms with Crippen LogP contribution in [-0.4, -0.2) is 43.8 Å². The number of nitrogens with one attached hydrogen (secondary N) is 1. The van der Waals surface area contributed by atoms with Crippen molar-refractivity contribution in [3.63, 3.8) is 0 Å². The van der Waals surface area contributed by atoms with Crippen LogP contribution in [0, 0.1) is 0 Å². The molecular formula is C12H20BNO5S. The molecule has 0 saturated heterocycles. The number of hydrogen-bond donors (Lipinski definition) is 4. The van der Waals surface area contributed by atoms with E-state index in [-0.39, 0.29) is 17.0 Å². The lowest BCUT2D eigenvalue weighted by Gasteiger charge is -2.07. The van der Waals surface area contributed by atoms with Gasteiger partial charge in [-0.15, -0.1) is 0 Å². The predicted octanol–water partition coefficient (Wildman–Crippen LogP) is -0.803. The lowest BCUT2D eigenvalue weighted by Crippen LogP contribution is -2.30. The molecular weight excluding hydrogens is 281 g/mol. The molecule has 0 atom stereocenters. The van der Waals surface area contributed by atoms with Crippen molar-refractivity contribution in [1.82, 2.24) is 4.72 Å². The van der Waals surface area contributed by atoms with Crippen LogP contribution in [0.25, 0.3) is 0 Å². The van der Waals surface area contributed by atoms with Gasteiger partial charge >= 0.3 is 7.12 Å². The van der Waals surface area contributed by atoms with Crippen LogP contribution < -0.4 is 10.2 Å². The molecule has 8 heteroatoms. The first kappa shape index (κ1) is 17.1. The zero-order valence-electron chi connectivity index (χ0n) is 11.2. The summed E-state index contributed by atoms with van der Waals surface area (Å²) in [7, 11) is -5.16. The third-order valence-electron chi connectivity index (χ3n) is 2.87. The number of aliphatic hydroxyl groups excluding tert-OH is 1. The summed E-state index contributed by atoms with van der Waals surface area (Å²) in [5, 5.41) is 26.5. The van der Waals surface area contributed by atoms with E-state index in [4.69, 9.17) is 15.2 Å². The van der Waals surface area contributed by atoms with Gasteiger partial charge < -0.3 is 15.2 Å². The summed E-state index contributed by atoms with van der Waals surface area (Å²) >= 11 is 0. The Labute approximate surface area is 119 Å². The number of benzene rings is 1. The van der Waals surface area contributed by atoms with Crippen LogP contribution >= 0.6 is 0 Å². The SMILES string of the molecule is O=S(=O)(NCCCCCCO)c1ccc(B(O)O)cc1. The minimum atomic E-state index is -3.56. The summed E-state index contributed by atoms with van der Waals surface area (Å²) in [6.07, 6.45) is 3.18. The maximum atomic E-state index is 11.9. The molecule has 1 rings (SSSR count). The highest BCUT2D eigenvalue weighted by molar-refractivity contribution is 7.89. The summed E-state index contributed by atoms with van der Waals surface area (Å²) in [5.74, 6) is 0. The summed E-state index contributed by atoms with van der Waals surface area (Å²) in [4.78, 5) is 0.0947. The van der Waals surface area contributed by atoms with E-state index < -0.39 is 17.1 Å². The maximum absolute atomic E-state index is 11.9. The average molecular weight is 301 g/mol. The van der Waals surface area contributed by atoms with Crippen molar-refractivity contribution in [2.24, 2.45) is 0 Å². The molecule has 6 nitrogen and oxygen atoms in total. The van der Waals surface area contributed by atoms with E-state index in [0.717, 1.165) is 19.3 Å². The molecule has 1 aromatic carbocycles. The number of hydrogen-bond acceptors (Lipinski definition) is 5. The molecule has 112 valence electrons. The summed E-state index contributed by atoms with van der Waals surface area (Å²) < 4.78 is 26.3. The molecule has 0 spiro atoms. The molecule has 20 heavy (non-hydrogen) atoms. The molecule has 0 radical (unpaired) electrons. The van der Waals surface area contributed by atoms with Crippen molar-refractivity contribution >= 4 is 22.6 Å². The van der Waals surface area contributed by atoms with Crippen LogP contribution in [0.2, 0.25) is 0 Å². The van der Waals surface area contributed by atoms with E-state index in [0.29, 0.717) is 13.0 Å². The second-order valence-electron chi connectivity index (χ2n) is 4.48. The van der Waals surface area contributed by atoms with Gasteiger partial charge in [-0.25, -0.2) is 13.1 Å². The highest BCUT2D eigenvalue weighted by Gasteiger charge is 2.15. The molecule has 0 aromatic heterocycles. The fraction of sp³-hybridized carbons (Fsp3) is 0.500. The van der Waals surface area contributed by atoms with E-state index in [1.807, 2.05) is 0 Å². The van der Waals surface area contributed by atoms with Gasteiger partial charge in [0.1, 0.15) is 0 Å².